The van der Waals surface area contributed by atoms with Gasteiger partial charge in [-0.25, -0.2) is 0 Å². The van der Waals surface area contributed by atoms with E-state index >= 15 is 0 Å². The minimum Gasteiger partial charge on any atom is -0.481 e. The van der Waals surface area contributed by atoms with Crippen molar-refractivity contribution in [3.05, 3.63) is 28.5 Å². The van der Waals surface area contributed by atoms with E-state index in [1.165, 1.54) is 5.56 Å². The van der Waals surface area contributed by atoms with Crippen molar-refractivity contribution in [3.8, 4) is 5.88 Å². The van der Waals surface area contributed by atoms with Crippen LogP contribution >= 0.6 is 11.3 Å². The molecule has 1 aliphatic heterocycles. The van der Waals surface area contributed by atoms with Crippen LogP contribution in [0, 0.1) is 0 Å². The molecule has 1 saturated heterocycles. The molecule has 0 unspecified atom stereocenters. The first-order chi connectivity index (χ1) is 11.7. The fourth-order valence-electron chi connectivity index (χ4n) is 3.05. The Hall–Kier alpha value is -1.90. The van der Waals surface area contributed by atoms with Gasteiger partial charge in [-0.2, -0.15) is 21.3 Å². The molecule has 1 aliphatic rings. The van der Waals surface area contributed by atoms with Crippen molar-refractivity contribution in [1.82, 2.24) is 14.9 Å². The van der Waals surface area contributed by atoms with Gasteiger partial charge in [0.2, 0.25) is 11.8 Å². The van der Waals surface area contributed by atoms with Crippen LogP contribution in [-0.2, 0) is 6.54 Å². The van der Waals surface area contributed by atoms with E-state index in [9.17, 15) is 5.11 Å². The standard InChI is InChI=1S/C16H23N5O2S/c1-23-15-8-14(18-16(17)19-15)21-5-4-20(13(10-21)2-6-22)9-12-3-7-24-11-12/h3,7-8,11,13,22H,2,4-6,9-10H2,1H3,(H2,17,18,19)/t13-/m0/s1. The number of aliphatic hydroxyl groups is 1. The molecular weight excluding hydrogens is 326 g/mol. The normalized spacial score (nSPS) is 18.8. The molecule has 0 saturated carbocycles. The van der Waals surface area contributed by atoms with Crippen molar-refractivity contribution >= 4 is 23.1 Å². The molecule has 0 spiro atoms. The molecule has 1 fully saturated rings. The number of rotatable bonds is 6. The fraction of sp³-hybridized carbons (Fsp3) is 0.500. The lowest BCUT2D eigenvalue weighted by Crippen LogP contribution is -2.53. The number of hydrogen-bond acceptors (Lipinski definition) is 8. The Labute approximate surface area is 145 Å². The maximum atomic E-state index is 9.44. The Bertz CT molecular complexity index is 652. The first-order valence-corrected chi connectivity index (χ1v) is 8.93. The summed E-state index contributed by atoms with van der Waals surface area (Å²) in [5, 5.41) is 13.7. The lowest BCUT2D eigenvalue weighted by Gasteiger charge is -2.41. The maximum absolute atomic E-state index is 9.44. The molecule has 24 heavy (non-hydrogen) atoms. The summed E-state index contributed by atoms with van der Waals surface area (Å²) in [6, 6.07) is 4.23. The van der Waals surface area contributed by atoms with Crippen LogP contribution in [0.2, 0.25) is 0 Å². The lowest BCUT2D eigenvalue weighted by molar-refractivity contribution is 0.135. The third-order valence-electron chi connectivity index (χ3n) is 4.27. The highest BCUT2D eigenvalue weighted by molar-refractivity contribution is 7.07. The predicted molar refractivity (Wildman–Crippen MR) is 95.4 cm³/mol. The second kappa shape index (κ2) is 7.78. The summed E-state index contributed by atoms with van der Waals surface area (Å²) in [6.45, 7) is 3.65. The van der Waals surface area contributed by atoms with Gasteiger partial charge in [-0.1, -0.05) is 0 Å². The summed E-state index contributed by atoms with van der Waals surface area (Å²) in [4.78, 5) is 13.0. The van der Waals surface area contributed by atoms with Gasteiger partial charge in [-0.15, -0.1) is 0 Å². The van der Waals surface area contributed by atoms with Gasteiger partial charge in [0.15, 0.2) is 0 Å². The number of ether oxygens (including phenoxy) is 1. The molecule has 3 rings (SSSR count). The number of hydrogen-bond donors (Lipinski definition) is 2. The molecular formula is C16H23N5O2S. The number of aliphatic hydroxyl groups excluding tert-OH is 1. The van der Waals surface area contributed by atoms with Crippen molar-refractivity contribution in [2.45, 2.75) is 19.0 Å². The molecule has 0 aliphatic carbocycles. The van der Waals surface area contributed by atoms with E-state index in [0.29, 0.717) is 5.88 Å². The highest BCUT2D eigenvalue weighted by Crippen LogP contribution is 2.24. The highest BCUT2D eigenvalue weighted by atomic mass is 32.1. The zero-order valence-electron chi connectivity index (χ0n) is 13.8. The largest absolute Gasteiger partial charge is 0.481 e. The molecule has 2 aromatic rings. The van der Waals surface area contributed by atoms with E-state index < -0.39 is 0 Å². The Kier molecular flexibility index (Phi) is 5.49. The number of nitrogen functional groups attached to an aromatic ring is 1. The lowest BCUT2D eigenvalue weighted by atomic mass is 10.1. The zero-order chi connectivity index (χ0) is 16.9. The van der Waals surface area contributed by atoms with Gasteiger partial charge in [0, 0.05) is 44.9 Å². The van der Waals surface area contributed by atoms with Gasteiger partial charge in [0.05, 0.1) is 7.11 Å². The number of nitrogens with two attached hydrogens (primary N) is 1. The zero-order valence-corrected chi connectivity index (χ0v) is 14.6. The van der Waals surface area contributed by atoms with Gasteiger partial charge in [-0.3, -0.25) is 4.90 Å². The average molecular weight is 349 g/mol. The molecule has 0 aromatic carbocycles. The van der Waals surface area contributed by atoms with Gasteiger partial charge in [0.25, 0.3) is 0 Å². The first kappa shape index (κ1) is 16.9. The van der Waals surface area contributed by atoms with Gasteiger partial charge in [-0.05, 0) is 28.8 Å². The summed E-state index contributed by atoms with van der Waals surface area (Å²) in [7, 11) is 1.57. The molecule has 7 nitrogen and oxygen atoms in total. The minimum absolute atomic E-state index is 0.174. The number of methoxy groups -OCH3 is 1. The molecule has 3 heterocycles. The van der Waals surface area contributed by atoms with Crippen LogP contribution < -0.4 is 15.4 Å². The number of thiophene rings is 1. The smallest absolute Gasteiger partial charge is 0.225 e. The van der Waals surface area contributed by atoms with Crippen LogP contribution in [0.3, 0.4) is 0 Å². The minimum atomic E-state index is 0.174. The number of aromatic nitrogens is 2. The molecule has 0 radical (unpaired) electrons. The van der Waals surface area contributed by atoms with E-state index in [0.717, 1.165) is 38.4 Å². The van der Waals surface area contributed by atoms with Crippen molar-refractivity contribution in [2.75, 3.05) is 44.0 Å². The molecule has 3 N–H and O–H groups in total. The van der Waals surface area contributed by atoms with Crippen molar-refractivity contribution in [2.24, 2.45) is 0 Å². The van der Waals surface area contributed by atoms with Gasteiger partial charge < -0.3 is 20.5 Å². The molecule has 8 heteroatoms. The van der Waals surface area contributed by atoms with E-state index in [1.54, 1.807) is 24.5 Å². The molecule has 1 atom stereocenters. The summed E-state index contributed by atoms with van der Waals surface area (Å²) >= 11 is 1.71. The van der Waals surface area contributed by atoms with Crippen molar-refractivity contribution in [1.29, 1.82) is 0 Å². The summed E-state index contributed by atoms with van der Waals surface area (Å²) < 4.78 is 5.19. The molecule has 2 aromatic heterocycles. The summed E-state index contributed by atoms with van der Waals surface area (Å²) in [5.74, 6) is 1.46. The van der Waals surface area contributed by atoms with Crippen molar-refractivity contribution < 1.29 is 9.84 Å². The van der Waals surface area contributed by atoms with Crippen molar-refractivity contribution in [3.63, 3.8) is 0 Å². The Morgan fingerprint density at radius 1 is 1.42 bits per heavy atom. The van der Waals surface area contributed by atoms with E-state index in [-0.39, 0.29) is 18.6 Å². The van der Waals surface area contributed by atoms with E-state index in [2.05, 4.69) is 36.6 Å². The monoisotopic (exact) mass is 349 g/mol. The first-order valence-electron chi connectivity index (χ1n) is 7.99. The molecule has 130 valence electrons. The van der Waals surface area contributed by atoms with E-state index in [1.807, 2.05) is 0 Å². The summed E-state index contributed by atoms with van der Waals surface area (Å²) in [5.41, 5.74) is 7.10. The topological polar surface area (TPSA) is 87.7 Å². The average Bonchev–Trinajstić information content (AvgIpc) is 3.09. The third kappa shape index (κ3) is 3.95. The Morgan fingerprint density at radius 3 is 3.00 bits per heavy atom. The SMILES string of the molecule is COc1cc(N2CCN(Cc3ccsc3)[C@@H](CCO)C2)nc(N)n1. The third-order valence-corrected chi connectivity index (χ3v) is 5.00. The molecule has 0 amide bonds. The fourth-order valence-corrected chi connectivity index (χ4v) is 3.71. The molecule has 0 bridgehead atoms. The predicted octanol–water partition coefficient (Wildman–Crippen LogP) is 1.20. The second-order valence-corrected chi connectivity index (χ2v) is 6.62. The number of nitrogens with zero attached hydrogens (tertiary/aromatic N) is 4. The van der Waals surface area contributed by atoms with Gasteiger partial charge >= 0.3 is 0 Å². The van der Waals surface area contributed by atoms with Crippen LogP contribution in [0.5, 0.6) is 5.88 Å². The van der Waals surface area contributed by atoms with E-state index in [4.69, 9.17) is 10.5 Å². The van der Waals surface area contributed by atoms with Crippen LogP contribution in [0.15, 0.2) is 22.9 Å². The van der Waals surface area contributed by atoms with Crippen LogP contribution in [0.25, 0.3) is 0 Å². The van der Waals surface area contributed by atoms with Gasteiger partial charge in [0.1, 0.15) is 5.82 Å². The van der Waals surface area contributed by atoms with Crippen LogP contribution in [0.4, 0.5) is 11.8 Å². The maximum Gasteiger partial charge on any atom is 0.225 e. The Morgan fingerprint density at radius 2 is 2.29 bits per heavy atom. The number of piperazine rings is 1. The van der Waals surface area contributed by atoms with Crippen LogP contribution in [-0.4, -0.2) is 59.4 Å². The number of anilines is 2. The quantitative estimate of drug-likeness (QED) is 0.810. The Balaban J connectivity index is 1.73. The van der Waals surface area contributed by atoms with Crippen LogP contribution in [0.1, 0.15) is 12.0 Å². The highest BCUT2D eigenvalue weighted by Gasteiger charge is 2.28. The second-order valence-electron chi connectivity index (χ2n) is 5.84. The summed E-state index contributed by atoms with van der Waals surface area (Å²) in [6.07, 6.45) is 0.734.